The van der Waals surface area contributed by atoms with E-state index in [1.807, 2.05) is 18.2 Å². The van der Waals surface area contributed by atoms with Crippen molar-refractivity contribution < 1.29 is 4.79 Å². The Kier molecular flexibility index (Phi) is 3.04. The second-order valence-corrected chi connectivity index (χ2v) is 4.69. The molecule has 0 unspecified atom stereocenters. The predicted octanol–water partition coefficient (Wildman–Crippen LogP) is 2.82. The number of nitrogens with one attached hydrogen (secondary N) is 1. The summed E-state index contributed by atoms with van der Waals surface area (Å²) >= 11 is 6.04. The van der Waals surface area contributed by atoms with Gasteiger partial charge in [-0.25, -0.2) is 4.52 Å². The van der Waals surface area contributed by atoms with Gasteiger partial charge in [-0.1, -0.05) is 17.7 Å². The second-order valence-electron chi connectivity index (χ2n) is 4.28. The van der Waals surface area contributed by atoms with E-state index in [1.54, 1.807) is 28.9 Å². The minimum atomic E-state index is -0.266. The zero-order valence-electron chi connectivity index (χ0n) is 10.4. The molecule has 5 nitrogen and oxygen atoms in total. The van der Waals surface area contributed by atoms with Gasteiger partial charge in [0.2, 0.25) is 0 Å². The van der Waals surface area contributed by atoms with Crippen LogP contribution >= 0.6 is 11.6 Å². The molecule has 100 valence electrons. The molecule has 0 aliphatic rings. The summed E-state index contributed by atoms with van der Waals surface area (Å²) in [5, 5.41) is 7.27. The standard InChI is InChI=1S/C14H11ClN4O/c15-11-7-9(16)4-5-12(11)18-14(20)10-8-17-19-6-2-1-3-13(10)19/h1-8H,16H2,(H,18,20). The van der Waals surface area contributed by atoms with Crippen molar-refractivity contribution in [2.45, 2.75) is 0 Å². The fourth-order valence-corrected chi connectivity index (χ4v) is 2.17. The fourth-order valence-electron chi connectivity index (χ4n) is 1.93. The first-order valence-electron chi connectivity index (χ1n) is 5.94. The number of fused-ring (bicyclic) bond motifs is 1. The maximum absolute atomic E-state index is 12.3. The van der Waals surface area contributed by atoms with Gasteiger partial charge in [0.1, 0.15) is 0 Å². The Labute approximate surface area is 120 Å². The molecule has 1 amide bonds. The van der Waals surface area contributed by atoms with E-state index >= 15 is 0 Å². The average molecular weight is 287 g/mol. The number of amides is 1. The Morgan fingerprint density at radius 3 is 2.95 bits per heavy atom. The highest BCUT2D eigenvalue weighted by Gasteiger charge is 2.13. The minimum absolute atomic E-state index is 0.266. The van der Waals surface area contributed by atoms with Crippen molar-refractivity contribution in [2.24, 2.45) is 0 Å². The Morgan fingerprint density at radius 1 is 1.30 bits per heavy atom. The number of rotatable bonds is 2. The van der Waals surface area contributed by atoms with Crippen LogP contribution in [0.15, 0.2) is 48.8 Å². The van der Waals surface area contributed by atoms with Crippen molar-refractivity contribution >= 4 is 34.4 Å². The molecule has 3 aromatic rings. The van der Waals surface area contributed by atoms with Crippen LogP contribution in [0.4, 0.5) is 11.4 Å². The number of nitrogens with zero attached hydrogens (tertiary/aromatic N) is 2. The van der Waals surface area contributed by atoms with Crippen LogP contribution < -0.4 is 11.1 Å². The molecule has 0 spiro atoms. The van der Waals surface area contributed by atoms with Crippen LogP contribution in [0.25, 0.3) is 5.52 Å². The largest absolute Gasteiger partial charge is 0.399 e. The number of aromatic nitrogens is 2. The van der Waals surface area contributed by atoms with Gasteiger partial charge >= 0.3 is 0 Å². The number of carbonyl (C=O) groups is 1. The second kappa shape index (κ2) is 4.86. The molecule has 6 heteroatoms. The first-order valence-corrected chi connectivity index (χ1v) is 6.32. The molecule has 0 bridgehead atoms. The number of halogens is 1. The normalized spacial score (nSPS) is 10.7. The van der Waals surface area contributed by atoms with Crippen molar-refractivity contribution in [3.8, 4) is 0 Å². The summed E-state index contributed by atoms with van der Waals surface area (Å²) in [6.07, 6.45) is 3.30. The molecule has 3 rings (SSSR count). The van der Waals surface area contributed by atoms with Gasteiger partial charge in [0.05, 0.1) is 28.0 Å². The number of pyridine rings is 1. The summed E-state index contributed by atoms with van der Waals surface area (Å²) in [4.78, 5) is 12.3. The van der Waals surface area contributed by atoms with Crippen molar-refractivity contribution in [1.29, 1.82) is 0 Å². The predicted molar refractivity (Wildman–Crippen MR) is 79.0 cm³/mol. The van der Waals surface area contributed by atoms with Gasteiger partial charge in [-0.2, -0.15) is 5.10 Å². The van der Waals surface area contributed by atoms with Gasteiger partial charge in [-0.3, -0.25) is 4.79 Å². The van der Waals surface area contributed by atoms with Crippen molar-refractivity contribution in [3.05, 3.63) is 59.4 Å². The number of nitrogens with two attached hydrogens (primary N) is 1. The van der Waals surface area contributed by atoms with Gasteiger partial charge in [0.15, 0.2) is 0 Å². The van der Waals surface area contributed by atoms with E-state index in [0.717, 1.165) is 5.52 Å². The van der Waals surface area contributed by atoms with E-state index in [1.165, 1.54) is 6.20 Å². The first-order chi connectivity index (χ1) is 9.65. The Bertz CT molecular complexity index is 797. The van der Waals surface area contributed by atoms with E-state index in [4.69, 9.17) is 17.3 Å². The lowest BCUT2D eigenvalue weighted by Gasteiger charge is -2.07. The molecule has 0 saturated heterocycles. The summed E-state index contributed by atoms with van der Waals surface area (Å²) < 4.78 is 1.64. The van der Waals surface area contributed by atoms with E-state index in [0.29, 0.717) is 22.0 Å². The number of anilines is 2. The molecule has 2 aromatic heterocycles. The number of hydrogen-bond donors (Lipinski definition) is 2. The molecule has 0 saturated carbocycles. The van der Waals surface area contributed by atoms with E-state index in [9.17, 15) is 4.79 Å². The molecular formula is C14H11ClN4O. The highest BCUT2D eigenvalue weighted by Crippen LogP contribution is 2.25. The third-order valence-electron chi connectivity index (χ3n) is 2.91. The molecule has 0 radical (unpaired) electrons. The van der Waals surface area contributed by atoms with Crippen LogP contribution in [0.1, 0.15) is 10.4 Å². The maximum atomic E-state index is 12.3. The fraction of sp³-hybridized carbons (Fsp3) is 0. The van der Waals surface area contributed by atoms with Gasteiger partial charge < -0.3 is 11.1 Å². The van der Waals surface area contributed by atoms with Crippen molar-refractivity contribution in [2.75, 3.05) is 11.1 Å². The van der Waals surface area contributed by atoms with Gasteiger partial charge in [0, 0.05) is 11.9 Å². The molecule has 1 aromatic carbocycles. The SMILES string of the molecule is Nc1ccc(NC(=O)c2cnn3ccccc23)c(Cl)c1. The molecule has 0 aliphatic carbocycles. The molecule has 3 N–H and O–H groups in total. The summed E-state index contributed by atoms with van der Waals surface area (Å²) in [5.41, 5.74) is 7.89. The van der Waals surface area contributed by atoms with Crippen LogP contribution in [0.5, 0.6) is 0 Å². The summed E-state index contributed by atoms with van der Waals surface area (Å²) in [6, 6.07) is 10.5. The van der Waals surface area contributed by atoms with Crippen LogP contribution in [0, 0.1) is 0 Å². The molecule has 20 heavy (non-hydrogen) atoms. The van der Waals surface area contributed by atoms with Crippen LogP contribution in [-0.2, 0) is 0 Å². The van der Waals surface area contributed by atoms with Gasteiger partial charge in [-0.05, 0) is 30.3 Å². The van der Waals surface area contributed by atoms with E-state index < -0.39 is 0 Å². The van der Waals surface area contributed by atoms with Gasteiger partial charge in [0.25, 0.3) is 5.91 Å². The summed E-state index contributed by atoms with van der Waals surface area (Å²) in [6.45, 7) is 0. The monoisotopic (exact) mass is 286 g/mol. The third-order valence-corrected chi connectivity index (χ3v) is 3.23. The van der Waals surface area contributed by atoms with Crippen LogP contribution in [0.3, 0.4) is 0 Å². The third kappa shape index (κ3) is 2.19. The number of nitrogen functional groups attached to an aromatic ring is 1. The summed E-state index contributed by atoms with van der Waals surface area (Å²) in [7, 11) is 0. The quantitative estimate of drug-likeness (QED) is 0.712. The maximum Gasteiger partial charge on any atom is 0.259 e. The highest BCUT2D eigenvalue weighted by molar-refractivity contribution is 6.34. The topological polar surface area (TPSA) is 72.4 Å². The Balaban J connectivity index is 1.93. The number of carbonyl (C=O) groups excluding carboxylic acids is 1. The first kappa shape index (κ1) is 12.5. The highest BCUT2D eigenvalue weighted by atomic mass is 35.5. The zero-order valence-corrected chi connectivity index (χ0v) is 11.1. The molecule has 0 fully saturated rings. The Morgan fingerprint density at radius 2 is 2.15 bits per heavy atom. The lowest BCUT2D eigenvalue weighted by Crippen LogP contribution is -2.12. The number of benzene rings is 1. The zero-order chi connectivity index (χ0) is 14.1. The lowest BCUT2D eigenvalue weighted by atomic mass is 10.2. The molecular weight excluding hydrogens is 276 g/mol. The number of hydrogen-bond acceptors (Lipinski definition) is 3. The molecule has 0 aliphatic heterocycles. The average Bonchev–Trinajstić information content (AvgIpc) is 2.86. The van der Waals surface area contributed by atoms with E-state index in [-0.39, 0.29) is 5.91 Å². The summed E-state index contributed by atoms with van der Waals surface area (Å²) in [5.74, 6) is -0.266. The smallest absolute Gasteiger partial charge is 0.259 e. The van der Waals surface area contributed by atoms with Crippen LogP contribution in [0.2, 0.25) is 5.02 Å². The lowest BCUT2D eigenvalue weighted by molar-refractivity contribution is 0.102. The molecule has 0 atom stereocenters. The van der Waals surface area contributed by atoms with Crippen molar-refractivity contribution in [3.63, 3.8) is 0 Å². The van der Waals surface area contributed by atoms with E-state index in [2.05, 4.69) is 10.4 Å². The Hall–Kier alpha value is -2.53. The van der Waals surface area contributed by atoms with Crippen LogP contribution in [-0.4, -0.2) is 15.5 Å². The van der Waals surface area contributed by atoms with Gasteiger partial charge in [-0.15, -0.1) is 0 Å². The van der Waals surface area contributed by atoms with Crippen molar-refractivity contribution in [1.82, 2.24) is 9.61 Å². The minimum Gasteiger partial charge on any atom is -0.399 e. The molecule has 2 heterocycles.